The molecule has 1 aliphatic rings. The van der Waals surface area contributed by atoms with Crippen molar-refractivity contribution in [3.05, 3.63) is 29.3 Å². The lowest BCUT2D eigenvalue weighted by Crippen LogP contribution is -2.27. The molecule has 1 aliphatic carbocycles. The first kappa shape index (κ1) is 6.86. The molecule has 0 saturated heterocycles. The van der Waals surface area contributed by atoms with Gasteiger partial charge in [-0.25, -0.2) is 0 Å². The Hall–Kier alpha value is -0.823. The molecule has 0 aromatic heterocycles. The standard InChI is InChI=1S/C10H11Si/c1-11(2)10-5-3-4-8-6-7-9(8)10/h3-7H,1-2H3. The van der Waals surface area contributed by atoms with Gasteiger partial charge in [-0.3, -0.25) is 0 Å². The Kier molecular flexibility index (Phi) is 1.46. The highest BCUT2D eigenvalue weighted by Crippen LogP contribution is 2.21. The number of benzene rings is 1. The summed E-state index contributed by atoms with van der Waals surface area (Å²) in [4.78, 5) is 0. The Bertz CT molecular complexity index is 311. The van der Waals surface area contributed by atoms with E-state index < -0.39 is 0 Å². The maximum atomic E-state index is 2.34. The molecular formula is C10H11Si. The lowest BCUT2D eigenvalue weighted by molar-refractivity contribution is 1.61. The van der Waals surface area contributed by atoms with Crippen LogP contribution in [0.15, 0.2) is 18.2 Å². The summed E-state index contributed by atoms with van der Waals surface area (Å²) in [7, 11) is -0.264. The highest BCUT2D eigenvalue weighted by atomic mass is 28.3. The van der Waals surface area contributed by atoms with E-state index >= 15 is 0 Å². The molecule has 1 aromatic carbocycles. The highest BCUT2D eigenvalue weighted by molar-refractivity contribution is 6.71. The second kappa shape index (κ2) is 2.34. The maximum Gasteiger partial charge on any atom is 0.0799 e. The van der Waals surface area contributed by atoms with Crippen molar-refractivity contribution >= 4 is 26.1 Å². The van der Waals surface area contributed by atoms with Gasteiger partial charge in [0.15, 0.2) is 0 Å². The summed E-state index contributed by atoms with van der Waals surface area (Å²) >= 11 is 0. The van der Waals surface area contributed by atoms with Gasteiger partial charge in [0.25, 0.3) is 0 Å². The minimum Gasteiger partial charge on any atom is -0.0671 e. The molecular weight excluding hydrogens is 148 g/mol. The Labute approximate surface area is 69.2 Å². The van der Waals surface area contributed by atoms with Gasteiger partial charge in [0.2, 0.25) is 0 Å². The van der Waals surface area contributed by atoms with E-state index in [0.29, 0.717) is 0 Å². The zero-order valence-corrected chi connectivity index (χ0v) is 7.89. The summed E-state index contributed by atoms with van der Waals surface area (Å²) < 4.78 is 0. The summed E-state index contributed by atoms with van der Waals surface area (Å²) in [6, 6.07) is 6.61. The van der Waals surface area contributed by atoms with Gasteiger partial charge >= 0.3 is 0 Å². The Morgan fingerprint density at radius 3 is 2.36 bits per heavy atom. The van der Waals surface area contributed by atoms with Gasteiger partial charge < -0.3 is 0 Å². The fourth-order valence-corrected chi connectivity index (χ4v) is 2.62. The van der Waals surface area contributed by atoms with Crippen molar-refractivity contribution in [2.75, 3.05) is 0 Å². The molecule has 55 valence electrons. The van der Waals surface area contributed by atoms with Crippen molar-refractivity contribution in [2.24, 2.45) is 0 Å². The minimum atomic E-state index is -0.264. The van der Waals surface area contributed by atoms with Gasteiger partial charge in [-0.15, -0.1) is 0 Å². The van der Waals surface area contributed by atoms with Crippen molar-refractivity contribution in [1.82, 2.24) is 0 Å². The van der Waals surface area contributed by atoms with Crippen LogP contribution < -0.4 is 5.19 Å². The molecule has 0 saturated carbocycles. The predicted molar refractivity (Wildman–Crippen MR) is 52.5 cm³/mol. The van der Waals surface area contributed by atoms with E-state index in [4.69, 9.17) is 0 Å². The van der Waals surface area contributed by atoms with Crippen molar-refractivity contribution < 1.29 is 0 Å². The van der Waals surface area contributed by atoms with E-state index in [2.05, 4.69) is 43.4 Å². The van der Waals surface area contributed by atoms with E-state index in [0.717, 1.165) is 0 Å². The minimum absolute atomic E-state index is 0.264. The SMILES string of the molecule is C[Si](C)c1cccc2c1C=C2. The van der Waals surface area contributed by atoms with E-state index in [1.54, 1.807) is 5.19 Å². The molecule has 2 rings (SSSR count). The van der Waals surface area contributed by atoms with Crippen molar-refractivity contribution in [2.45, 2.75) is 13.1 Å². The second-order valence-electron chi connectivity index (χ2n) is 3.14. The third-order valence-electron chi connectivity index (χ3n) is 2.11. The van der Waals surface area contributed by atoms with Crippen LogP contribution in [0.5, 0.6) is 0 Å². The lowest BCUT2D eigenvalue weighted by Gasteiger charge is -2.16. The molecule has 0 amide bonds. The molecule has 0 aliphatic heterocycles. The van der Waals surface area contributed by atoms with Crippen LogP contribution in [0.3, 0.4) is 0 Å². The number of hydrogen-bond donors (Lipinski definition) is 0. The molecule has 0 spiro atoms. The number of rotatable bonds is 1. The normalized spacial score (nSPS) is 13.0. The third kappa shape index (κ3) is 0.961. The zero-order chi connectivity index (χ0) is 7.84. The van der Waals surface area contributed by atoms with Crippen LogP contribution in [0, 0.1) is 0 Å². The second-order valence-corrected chi connectivity index (χ2v) is 5.68. The summed E-state index contributed by atoms with van der Waals surface area (Å²) in [6.45, 7) is 4.68. The monoisotopic (exact) mass is 159 g/mol. The largest absolute Gasteiger partial charge is 0.0799 e. The quantitative estimate of drug-likeness (QED) is 0.559. The van der Waals surface area contributed by atoms with Crippen LogP contribution in [0.2, 0.25) is 13.1 Å². The molecule has 1 heteroatoms. The topological polar surface area (TPSA) is 0 Å². The Morgan fingerprint density at radius 2 is 1.91 bits per heavy atom. The van der Waals surface area contributed by atoms with Gasteiger partial charge in [0.1, 0.15) is 0 Å². The number of hydrogen-bond acceptors (Lipinski definition) is 0. The molecule has 0 atom stereocenters. The summed E-state index contributed by atoms with van der Waals surface area (Å²) in [5.74, 6) is 0. The fraction of sp³-hybridized carbons (Fsp3) is 0.200. The van der Waals surface area contributed by atoms with Gasteiger partial charge in [-0.1, -0.05) is 48.6 Å². The summed E-state index contributed by atoms with van der Waals surface area (Å²) in [5, 5.41) is 1.58. The fourth-order valence-electron chi connectivity index (χ4n) is 1.43. The third-order valence-corrected chi connectivity index (χ3v) is 3.62. The average Bonchev–Trinajstić information content (AvgIpc) is 1.90. The molecule has 11 heavy (non-hydrogen) atoms. The van der Waals surface area contributed by atoms with Crippen molar-refractivity contribution in [3.8, 4) is 0 Å². The van der Waals surface area contributed by atoms with Gasteiger partial charge in [0, 0.05) is 0 Å². The first-order valence-corrected chi connectivity index (χ1v) is 6.40. The van der Waals surface area contributed by atoms with E-state index in [1.807, 2.05) is 0 Å². The van der Waals surface area contributed by atoms with Gasteiger partial charge in [-0.05, 0) is 11.1 Å². The van der Waals surface area contributed by atoms with Gasteiger partial charge in [0.05, 0.1) is 8.80 Å². The first-order valence-electron chi connectivity index (χ1n) is 3.90. The molecule has 0 unspecified atom stereocenters. The van der Waals surface area contributed by atoms with Crippen LogP contribution in [-0.4, -0.2) is 8.80 Å². The molecule has 0 fully saturated rings. The highest BCUT2D eigenvalue weighted by Gasteiger charge is 2.12. The Morgan fingerprint density at radius 1 is 1.09 bits per heavy atom. The molecule has 1 radical (unpaired) electrons. The summed E-state index contributed by atoms with van der Waals surface area (Å²) in [5.41, 5.74) is 2.92. The molecule has 0 N–H and O–H groups in total. The zero-order valence-electron chi connectivity index (χ0n) is 6.89. The van der Waals surface area contributed by atoms with Crippen molar-refractivity contribution in [1.29, 1.82) is 0 Å². The summed E-state index contributed by atoms with van der Waals surface area (Å²) in [6.07, 6.45) is 4.41. The van der Waals surface area contributed by atoms with E-state index in [-0.39, 0.29) is 8.80 Å². The molecule has 1 aromatic rings. The number of fused-ring (bicyclic) bond motifs is 1. The first-order chi connectivity index (χ1) is 5.29. The van der Waals surface area contributed by atoms with E-state index in [1.165, 1.54) is 11.1 Å². The molecule has 0 bridgehead atoms. The predicted octanol–water partition coefficient (Wildman–Crippen LogP) is 2.13. The Balaban J connectivity index is 2.52. The smallest absolute Gasteiger partial charge is 0.0671 e. The van der Waals surface area contributed by atoms with Crippen LogP contribution >= 0.6 is 0 Å². The average molecular weight is 159 g/mol. The van der Waals surface area contributed by atoms with E-state index in [9.17, 15) is 0 Å². The van der Waals surface area contributed by atoms with Crippen LogP contribution in [0.1, 0.15) is 11.1 Å². The molecule has 0 heterocycles. The van der Waals surface area contributed by atoms with Gasteiger partial charge in [-0.2, -0.15) is 0 Å². The lowest BCUT2D eigenvalue weighted by atomic mass is 9.98. The van der Waals surface area contributed by atoms with Crippen molar-refractivity contribution in [3.63, 3.8) is 0 Å². The van der Waals surface area contributed by atoms with Crippen LogP contribution in [0.25, 0.3) is 12.2 Å². The van der Waals surface area contributed by atoms with Crippen LogP contribution in [-0.2, 0) is 0 Å². The van der Waals surface area contributed by atoms with Crippen LogP contribution in [0.4, 0.5) is 0 Å². The maximum absolute atomic E-state index is 2.34. The molecule has 0 nitrogen and oxygen atoms in total.